The van der Waals surface area contributed by atoms with Gasteiger partial charge in [0.1, 0.15) is 17.2 Å². The number of carbonyl (C=O) groups is 1. The summed E-state index contributed by atoms with van der Waals surface area (Å²) in [5.74, 6) is 2.01. The van der Waals surface area contributed by atoms with Gasteiger partial charge in [-0.1, -0.05) is 72.8 Å². The van der Waals surface area contributed by atoms with E-state index >= 15 is 0 Å². The van der Waals surface area contributed by atoms with E-state index in [9.17, 15) is 4.79 Å². The Kier molecular flexibility index (Phi) is 10.8. The van der Waals surface area contributed by atoms with Crippen LogP contribution in [0.4, 0.5) is 4.79 Å². The molecule has 0 unspecified atom stereocenters. The van der Waals surface area contributed by atoms with Gasteiger partial charge in [-0.25, -0.2) is 4.79 Å². The van der Waals surface area contributed by atoms with Gasteiger partial charge >= 0.3 is 14.8 Å². The van der Waals surface area contributed by atoms with Gasteiger partial charge in [0.25, 0.3) is 0 Å². The third-order valence-electron chi connectivity index (χ3n) is 5.77. The molecule has 0 spiro atoms. The lowest BCUT2D eigenvalue weighted by molar-refractivity contribution is 0.246. The molecule has 0 saturated carbocycles. The second-order valence-corrected chi connectivity index (χ2v) is 11.2. The molecule has 0 radical (unpaired) electrons. The number of primary amides is 1. The van der Waals surface area contributed by atoms with E-state index in [0.717, 1.165) is 16.7 Å². The summed E-state index contributed by atoms with van der Waals surface area (Å²) in [5.41, 5.74) is 8.23. The maximum atomic E-state index is 11.3. The summed E-state index contributed by atoms with van der Waals surface area (Å²) in [6, 6.07) is 23.3. The van der Waals surface area contributed by atoms with Gasteiger partial charge in [0, 0.05) is 6.54 Å². The smallest absolute Gasteiger partial charge is 0.483 e. The molecule has 0 bridgehead atoms. The SMILES string of the molecule is C=CCc1ccccc1O[Si](CCCNC(N)=O)(Oc1ccccc1CC=C)Oc1ccccc1CC=C. The maximum absolute atomic E-state index is 11.3. The van der Waals surface area contributed by atoms with Crippen LogP contribution in [0, 0.1) is 0 Å². The van der Waals surface area contributed by atoms with E-state index in [-0.39, 0.29) is 0 Å². The van der Waals surface area contributed by atoms with Gasteiger partial charge in [-0.3, -0.25) is 0 Å². The van der Waals surface area contributed by atoms with Crippen molar-refractivity contribution in [3.63, 3.8) is 0 Å². The number of amides is 2. The lowest BCUT2D eigenvalue weighted by Gasteiger charge is -2.32. The molecule has 0 aliphatic carbocycles. The molecule has 3 aromatic rings. The Labute approximate surface area is 226 Å². The highest BCUT2D eigenvalue weighted by molar-refractivity contribution is 6.63. The first-order valence-electron chi connectivity index (χ1n) is 12.7. The number of nitrogens with one attached hydrogen (secondary N) is 1. The number of urea groups is 1. The van der Waals surface area contributed by atoms with Gasteiger partial charge in [-0.05, 0) is 60.6 Å². The minimum atomic E-state index is -3.57. The molecule has 0 saturated heterocycles. The quantitative estimate of drug-likeness (QED) is 0.128. The molecule has 0 fully saturated rings. The van der Waals surface area contributed by atoms with Crippen LogP contribution in [0.25, 0.3) is 0 Å². The Hall–Kier alpha value is -4.23. The van der Waals surface area contributed by atoms with E-state index in [1.165, 1.54) is 0 Å². The van der Waals surface area contributed by atoms with Crippen LogP contribution in [0.5, 0.6) is 17.2 Å². The van der Waals surface area contributed by atoms with Crippen LogP contribution in [-0.2, 0) is 19.3 Å². The number of nitrogens with two attached hydrogens (primary N) is 1. The van der Waals surface area contributed by atoms with Crippen LogP contribution in [-0.4, -0.2) is 21.4 Å². The van der Waals surface area contributed by atoms with E-state index in [2.05, 4.69) is 25.1 Å². The Balaban J connectivity index is 2.12. The molecule has 198 valence electrons. The van der Waals surface area contributed by atoms with E-state index in [1.807, 2.05) is 91.0 Å². The largest absolute Gasteiger partial charge is 0.699 e. The van der Waals surface area contributed by atoms with E-state index < -0.39 is 14.8 Å². The number of allylic oxidation sites excluding steroid dienone is 3. The van der Waals surface area contributed by atoms with Crippen LogP contribution < -0.4 is 24.3 Å². The molecule has 6 nitrogen and oxygen atoms in total. The summed E-state index contributed by atoms with van der Waals surface area (Å²) in [6.45, 7) is 12.0. The zero-order valence-electron chi connectivity index (χ0n) is 21.7. The highest BCUT2D eigenvalue weighted by Crippen LogP contribution is 2.33. The second-order valence-electron chi connectivity index (χ2n) is 8.69. The van der Waals surface area contributed by atoms with E-state index in [1.54, 1.807) is 0 Å². The Morgan fingerprint density at radius 1 is 0.711 bits per heavy atom. The van der Waals surface area contributed by atoms with E-state index in [0.29, 0.717) is 55.5 Å². The van der Waals surface area contributed by atoms with Gasteiger partial charge < -0.3 is 24.3 Å². The van der Waals surface area contributed by atoms with Gasteiger partial charge in [0.2, 0.25) is 0 Å². The Morgan fingerprint density at radius 3 is 1.42 bits per heavy atom. The summed E-state index contributed by atoms with van der Waals surface area (Å²) >= 11 is 0. The van der Waals surface area contributed by atoms with Crippen molar-refractivity contribution in [3.05, 3.63) is 127 Å². The van der Waals surface area contributed by atoms with Crippen molar-refractivity contribution in [2.24, 2.45) is 5.73 Å². The molecule has 0 aliphatic heterocycles. The molecule has 0 aliphatic rings. The molecule has 38 heavy (non-hydrogen) atoms. The van der Waals surface area contributed by atoms with Crippen molar-refractivity contribution in [1.29, 1.82) is 0 Å². The van der Waals surface area contributed by atoms with Crippen molar-refractivity contribution in [1.82, 2.24) is 5.32 Å². The molecule has 0 atom stereocenters. The predicted molar refractivity (Wildman–Crippen MR) is 156 cm³/mol. The standard InChI is InChI=1S/C31H36N2O4Si/c1-4-14-25-17-7-10-20-28(25)35-38(24-13-23-33-31(32)34,36-29-21-11-8-18-26(29)15-5-2)37-30-22-12-9-19-27(30)16-6-3/h4-12,17-22H,1-3,13-16,23-24H2,(H3,32,33,34). The fraction of sp³-hybridized carbons (Fsp3) is 0.194. The topological polar surface area (TPSA) is 82.8 Å². The van der Waals surface area contributed by atoms with E-state index in [4.69, 9.17) is 19.0 Å². The normalized spacial score (nSPS) is 10.7. The first kappa shape index (κ1) is 28.3. The number of rotatable bonds is 16. The monoisotopic (exact) mass is 528 g/mol. The molecule has 3 rings (SSSR count). The van der Waals surface area contributed by atoms with Gasteiger partial charge in [0.15, 0.2) is 0 Å². The van der Waals surface area contributed by atoms with Crippen molar-refractivity contribution in [2.45, 2.75) is 31.7 Å². The minimum Gasteiger partial charge on any atom is -0.483 e. The van der Waals surface area contributed by atoms with Crippen LogP contribution in [0.15, 0.2) is 111 Å². The van der Waals surface area contributed by atoms with Gasteiger partial charge in [0.05, 0.1) is 6.04 Å². The molecule has 0 heterocycles. The highest BCUT2D eigenvalue weighted by atomic mass is 28.4. The molecule has 3 N–H and O–H groups in total. The van der Waals surface area contributed by atoms with Crippen molar-refractivity contribution in [3.8, 4) is 17.2 Å². The average molecular weight is 529 g/mol. The van der Waals surface area contributed by atoms with Crippen LogP contribution in [0.1, 0.15) is 23.1 Å². The fourth-order valence-electron chi connectivity index (χ4n) is 4.02. The zero-order chi connectivity index (χ0) is 27.2. The highest BCUT2D eigenvalue weighted by Gasteiger charge is 2.49. The molecule has 7 heteroatoms. The predicted octanol–water partition coefficient (Wildman–Crippen LogP) is 6.41. The summed E-state index contributed by atoms with van der Waals surface area (Å²) in [5, 5.41) is 2.66. The summed E-state index contributed by atoms with van der Waals surface area (Å²) in [4.78, 5) is 11.3. The molecule has 3 aromatic carbocycles. The first-order valence-corrected chi connectivity index (χ1v) is 14.6. The summed E-state index contributed by atoms with van der Waals surface area (Å²) in [7, 11) is -3.57. The third-order valence-corrected chi connectivity index (χ3v) is 8.32. The first-order chi connectivity index (χ1) is 18.5. The number of para-hydroxylation sites is 3. The maximum Gasteiger partial charge on any atom is 0.699 e. The molecular formula is C31H36N2O4Si. The average Bonchev–Trinajstić information content (AvgIpc) is 2.90. The molecular weight excluding hydrogens is 492 g/mol. The number of benzene rings is 3. The lowest BCUT2D eigenvalue weighted by atomic mass is 10.1. The zero-order valence-corrected chi connectivity index (χ0v) is 22.7. The summed E-state index contributed by atoms with van der Waals surface area (Å²) in [6.07, 6.45) is 7.93. The number of hydrogen-bond acceptors (Lipinski definition) is 4. The molecule has 0 aromatic heterocycles. The lowest BCUT2D eigenvalue weighted by Crippen LogP contribution is -2.55. The fourth-order valence-corrected chi connectivity index (χ4v) is 6.66. The van der Waals surface area contributed by atoms with Crippen LogP contribution >= 0.6 is 0 Å². The van der Waals surface area contributed by atoms with Crippen LogP contribution in [0.2, 0.25) is 6.04 Å². The van der Waals surface area contributed by atoms with Crippen LogP contribution in [0.3, 0.4) is 0 Å². The number of hydrogen-bond donors (Lipinski definition) is 2. The second kappa shape index (κ2) is 14.5. The van der Waals surface area contributed by atoms with Gasteiger partial charge in [-0.2, -0.15) is 0 Å². The molecule has 2 amide bonds. The third kappa shape index (κ3) is 8.14. The number of carbonyl (C=O) groups excluding carboxylic acids is 1. The van der Waals surface area contributed by atoms with Crippen molar-refractivity contribution >= 4 is 14.8 Å². The Bertz CT molecular complexity index is 1110. The van der Waals surface area contributed by atoms with Crippen molar-refractivity contribution < 1.29 is 18.1 Å². The summed E-state index contributed by atoms with van der Waals surface area (Å²) < 4.78 is 20.5. The Morgan fingerprint density at radius 2 is 1.08 bits per heavy atom. The minimum absolute atomic E-state index is 0.358. The van der Waals surface area contributed by atoms with Crippen molar-refractivity contribution in [2.75, 3.05) is 6.54 Å². The van der Waals surface area contributed by atoms with Gasteiger partial charge in [-0.15, -0.1) is 19.7 Å².